The van der Waals surface area contributed by atoms with Crippen LogP contribution in [0.2, 0.25) is 0 Å². The Morgan fingerprint density at radius 3 is 2.41 bits per heavy atom. The summed E-state index contributed by atoms with van der Waals surface area (Å²) in [6, 6.07) is 13.2. The van der Waals surface area contributed by atoms with Crippen LogP contribution in [-0.4, -0.2) is 5.11 Å². The first kappa shape index (κ1) is 11.5. The summed E-state index contributed by atoms with van der Waals surface area (Å²) in [5.41, 5.74) is 3.37. The standard InChI is InChI=1S/C15H16O2/c1-11-3-4-12(2)15(9-11)17-10-13-5-7-14(16)8-6-13/h3-9,16H,10H2,1-2H3. The van der Waals surface area contributed by atoms with Crippen molar-refractivity contribution < 1.29 is 9.84 Å². The highest BCUT2D eigenvalue weighted by Crippen LogP contribution is 2.20. The first-order valence-electron chi connectivity index (χ1n) is 5.63. The highest BCUT2D eigenvalue weighted by atomic mass is 16.5. The van der Waals surface area contributed by atoms with Gasteiger partial charge in [-0.15, -0.1) is 0 Å². The van der Waals surface area contributed by atoms with Crippen LogP contribution in [0.4, 0.5) is 0 Å². The lowest BCUT2D eigenvalue weighted by molar-refractivity contribution is 0.303. The normalized spacial score (nSPS) is 10.2. The second-order valence-corrected chi connectivity index (χ2v) is 4.22. The molecule has 0 amide bonds. The van der Waals surface area contributed by atoms with Crippen molar-refractivity contribution in [3.8, 4) is 11.5 Å². The summed E-state index contributed by atoms with van der Waals surface area (Å²) in [6.07, 6.45) is 0. The second kappa shape index (κ2) is 4.91. The van der Waals surface area contributed by atoms with Crippen molar-refractivity contribution in [2.24, 2.45) is 0 Å². The number of hydrogen-bond acceptors (Lipinski definition) is 2. The highest BCUT2D eigenvalue weighted by Gasteiger charge is 2.00. The van der Waals surface area contributed by atoms with E-state index in [1.807, 2.05) is 32.0 Å². The molecule has 2 aromatic rings. The van der Waals surface area contributed by atoms with Crippen molar-refractivity contribution in [3.63, 3.8) is 0 Å². The van der Waals surface area contributed by atoms with E-state index in [2.05, 4.69) is 12.1 Å². The van der Waals surface area contributed by atoms with Crippen LogP contribution in [0.3, 0.4) is 0 Å². The Morgan fingerprint density at radius 1 is 1.00 bits per heavy atom. The van der Waals surface area contributed by atoms with E-state index in [1.165, 1.54) is 5.56 Å². The van der Waals surface area contributed by atoms with Gasteiger partial charge >= 0.3 is 0 Å². The first-order chi connectivity index (χ1) is 8.15. The van der Waals surface area contributed by atoms with Gasteiger partial charge in [0.05, 0.1) is 0 Å². The van der Waals surface area contributed by atoms with Gasteiger partial charge in [-0.2, -0.15) is 0 Å². The first-order valence-corrected chi connectivity index (χ1v) is 5.63. The number of benzene rings is 2. The van der Waals surface area contributed by atoms with Crippen molar-refractivity contribution in [3.05, 3.63) is 59.2 Å². The van der Waals surface area contributed by atoms with Crippen LogP contribution in [0.15, 0.2) is 42.5 Å². The lowest BCUT2D eigenvalue weighted by Crippen LogP contribution is -1.97. The van der Waals surface area contributed by atoms with Gasteiger partial charge in [0.1, 0.15) is 18.1 Å². The van der Waals surface area contributed by atoms with Crippen molar-refractivity contribution in [1.29, 1.82) is 0 Å². The van der Waals surface area contributed by atoms with E-state index in [1.54, 1.807) is 12.1 Å². The molecule has 0 aliphatic rings. The highest BCUT2D eigenvalue weighted by molar-refractivity contribution is 5.36. The van der Waals surface area contributed by atoms with Gasteiger partial charge in [0.2, 0.25) is 0 Å². The van der Waals surface area contributed by atoms with E-state index >= 15 is 0 Å². The molecular weight excluding hydrogens is 212 g/mol. The van der Waals surface area contributed by atoms with Gasteiger partial charge in [0.15, 0.2) is 0 Å². The number of rotatable bonds is 3. The molecule has 17 heavy (non-hydrogen) atoms. The zero-order valence-corrected chi connectivity index (χ0v) is 10.1. The molecule has 0 aliphatic heterocycles. The fraction of sp³-hybridized carbons (Fsp3) is 0.200. The van der Waals surface area contributed by atoms with Crippen LogP contribution < -0.4 is 4.74 Å². The topological polar surface area (TPSA) is 29.5 Å². The molecule has 0 atom stereocenters. The van der Waals surface area contributed by atoms with Crippen molar-refractivity contribution in [1.82, 2.24) is 0 Å². The molecule has 2 nitrogen and oxygen atoms in total. The Labute approximate surface area is 101 Å². The quantitative estimate of drug-likeness (QED) is 0.870. The molecule has 88 valence electrons. The number of phenols is 1. The van der Waals surface area contributed by atoms with Gasteiger partial charge in [-0.25, -0.2) is 0 Å². The maximum Gasteiger partial charge on any atom is 0.122 e. The van der Waals surface area contributed by atoms with E-state index in [-0.39, 0.29) is 5.75 Å². The number of aryl methyl sites for hydroxylation is 2. The summed E-state index contributed by atoms with van der Waals surface area (Å²) in [5, 5.41) is 9.18. The van der Waals surface area contributed by atoms with Crippen LogP contribution in [0.1, 0.15) is 16.7 Å². The Bertz CT molecular complexity index is 501. The monoisotopic (exact) mass is 228 g/mol. The zero-order valence-electron chi connectivity index (χ0n) is 10.1. The molecule has 0 fully saturated rings. The van der Waals surface area contributed by atoms with Crippen LogP contribution in [0.5, 0.6) is 11.5 Å². The summed E-state index contributed by atoms with van der Waals surface area (Å²) in [5.74, 6) is 1.19. The molecule has 0 heterocycles. The molecular formula is C15H16O2. The number of ether oxygens (including phenoxy) is 1. The average Bonchev–Trinajstić information content (AvgIpc) is 2.32. The van der Waals surface area contributed by atoms with Crippen molar-refractivity contribution in [2.75, 3.05) is 0 Å². The number of aromatic hydroxyl groups is 1. The van der Waals surface area contributed by atoms with Gasteiger partial charge in [-0.1, -0.05) is 24.3 Å². The smallest absolute Gasteiger partial charge is 0.122 e. The van der Waals surface area contributed by atoms with E-state index in [0.717, 1.165) is 16.9 Å². The zero-order chi connectivity index (χ0) is 12.3. The molecule has 1 N–H and O–H groups in total. The van der Waals surface area contributed by atoms with Gasteiger partial charge in [0, 0.05) is 0 Å². The van der Waals surface area contributed by atoms with Crippen LogP contribution in [0.25, 0.3) is 0 Å². The molecule has 0 spiro atoms. The lowest BCUT2D eigenvalue weighted by Gasteiger charge is -2.10. The molecule has 0 radical (unpaired) electrons. The minimum atomic E-state index is 0.278. The summed E-state index contributed by atoms with van der Waals surface area (Å²) in [4.78, 5) is 0. The lowest BCUT2D eigenvalue weighted by atomic mass is 10.1. The Balaban J connectivity index is 2.07. The summed E-state index contributed by atoms with van der Waals surface area (Å²) in [6.45, 7) is 4.60. The van der Waals surface area contributed by atoms with E-state index in [0.29, 0.717) is 6.61 Å². The molecule has 0 unspecified atom stereocenters. The largest absolute Gasteiger partial charge is 0.508 e. The van der Waals surface area contributed by atoms with Crippen molar-refractivity contribution >= 4 is 0 Å². The third-order valence-electron chi connectivity index (χ3n) is 2.67. The molecule has 2 rings (SSSR count). The summed E-state index contributed by atoms with van der Waals surface area (Å²) >= 11 is 0. The van der Waals surface area contributed by atoms with E-state index in [4.69, 9.17) is 4.74 Å². The van der Waals surface area contributed by atoms with Gasteiger partial charge in [0.25, 0.3) is 0 Å². The fourth-order valence-corrected chi connectivity index (χ4v) is 1.62. The van der Waals surface area contributed by atoms with Crippen molar-refractivity contribution in [2.45, 2.75) is 20.5 Å². The molecule has 2 heteroatoms. The molecule has 2 aromatic carbocycles. The molecule has 0 saturated heterocycles. The molecule has 0 aliphatic carbocycles. The number of hydrogen-bond donors (Lipinski definition) is 1. The van der Waals surface area contributed by atoms with Crippen LogP contribution in [0, 0.1) is 13.8 Å². The maximum absolute atomic E-state index is 9.18. The predicted molar refractivity (Wildman–Crippen MR) is 68.4 cm³/mol. The fourth-order valence-electron chi connectivity index (χ4n) is 1.62. The van der Waals surface area contributed by atoms with E-state index in [9.17, 15) is 5.11 Å². The van der Waals surface area contributed by atoms with Gasteiger partial charge in [-0.05, 0) is 48.7 Å². The Hall–Kier alpha value is -1.96. The third kappa shape index (κ3) is 3.00. The molecule has 0 saturated carbocycles. The number of phenolic OH excluding ortho intramolecular Hbond substituents is 1. The maximum atomic E-state index is 9.18. The SMILES string of the molecule is Cc1ccc(C)c(OCc2ccc(O)cc2)c1. The predicted octanol–water partition coefficient (Wildman–Crippen LogP) is 3.59. The third-order valence-corrected chi connectivity index (χ3v) is 2.67. The van der Waals surface area contributed by atoms with Gasteiger partial charge < -0.3 is 9.84 Å². The van der Waals surface area contributed by atoms with Gasteiger partial charge in [-0.3, -0.25) is 0 Å². The minimum Gasteiger partial charge on any atom is -0.508 e. The average molecular weight is 228 g/mol. The Morgan fingerprint density at radius 2 is 1.71 bits per heavy atom. The second-order valence-electron chi connectivity index (χ2n) is 4.22. The summed E-state index contributed by atoms with van der Waals surface area (Å²) < 4.78 is 5.76. The van der Waals surface area contributed by atoms with Crippen LogP contribution in [-0.2, 0) is 6.61 Å². The molecule has 0 bridgehead atoms. The van der Waals surface area contributed by atoms with Crippen LogP contribution >= 0.6 is 0 Å². The Kier molecular flexibility index (Phi) is 3.33. The van der Waals surface area contributed by atoms with E-state index < -0.39 is 0 Å². The summed E-state index contributed by atoms with van der Waals surface area (Å²) in [7, 11) is 0. The molecule has 0 aromatic heterocycles. The minimum absolute atomic E-state index is 0.278.